The third-order valence-corrected chi connectivity index (χ3v) is 3.04. The quantitative estimate of drug-likeness (QED) is 0.504. The van der Waals surface area contributed by atoms with E-state index in [0.717, 1.165) is 52.4 Å². The first-order valence-electron chi connectivity index (χ1n) is 5.78. The fourth-order valence-corrected chi connectivity index (χ4v) is 2.06. The lowest BCUT2D eigenvalue weighted by atomic mass is 10.3. The fourth-order valence-electron chi connectivity index (χ4n) is 2.06. The number of hydrogen-bond acceptors (Lipinski definition) is 4. The number of nitrogens with zero attached hydrogens (tertiary/aromatic N) is 2. The lowest BCUT2D eigenvalue weighted by Gasteiger charge is -2.34. The van der Waals surface area contributed by atoms with Crippen molar-refractivity contribution in [2.24, 2.45) is 0 Å². The normalized spacial score (nSPS) is 29.7. The molecule has 3 saturated heterocycles. The smallest absolute Gasteiger partial charge is 0.236 e. The average molecular weight is 212 g/mol. The van der Waals surface area contributed by atoms with E-state index in [4.69, 9.17) is 0 Å². The van der Waals surface area contributed by atoms with Crippen molar-refractivity contribution in [1.29, 1.82) is 0 Å². The van der Waals surface area contributed by atoms with E-state index >= 15 is 0 Å². The molecule has 2 N–H and O–H groups in total. The minimum atomic E-state index is 0.281. The number of rotatable bonds is 0. The average Bonchev–Trinajstić information content (AvgIpc) is 2.21. The molecule has 3 aliphatic rings. The molecular weight excluding hydrogens is 192 g/mol. The molecule has 0 radical (unpaired) electrons. The molecule has 1 atom stereocenters. The van der Waals surface area contributed by atoms with Gasteiger partial charge in [-0.1, -0.05) is 0 Å². The summed E-state index contributed by atoms with van der Waals surface area (Å²) in [6.45, 7) is 8.24. The van der Waals surface area contributed by atoms with Gasteiger partial charge in [0.1, 0.15) is 0 Å². The zero-order valence-corrected chi connectivity index (χ0v) is 9.17. The van der Waals surface area contributed by atoms with Crippen LogP contribution in [0.5, 0.6) is 0 Å². The Bertz CT molecular complexity index is 217. The molecule has 86 valence electrons. The van der Waals surface area contributed by atoms with Crippen LogP contribution in [0, 0.1) is 0 Å². The second-order valence-corrected chi connectivity index (χ2v) is 4.16. The predicted octanol–water partition coefficient (Wildman–Crippen LogP) is -1.68. The van der Waals surface area contributed by atoms with Crippen molar-refractivity contribution >= 4 is 5.91 Å². The van der Waals surface area contributed by atoms with Crippen LogP contribution in [0.15, 0.2) is 0 Å². The minimum absolute atomic E-state index is 0.281. The van der Waals surface area contributed by atoms with Gasteiger partial charge in [-0.15, -0.1) is 0 Å². The van der Waals surface area contributed by atoms with Gasteiger partial charge in [0.15, 0.2) is 0 Å². The molecule has 0 aromatic carbocycles. The monoisotopic (exact) mass is 212 g/mol. The Labute approximate surface area is 90.8 Å². The number of carbonyl (C=O) groups is 1. The highest BCUT2D eigenvalue weighted by atomic mass is 16.2. The van der Waals surface area contributed by atoms with E-state index in [1.54, 1.807) is 0 Å². The van der Waals surface area contributed by atoms with Crippen molar-refractivity contribution in [3.63, 3.8) is 0 Å². The van der Waals surface area contributed by atoms with Crippen LogP contribution in [0.2, 0.25) is 0 Å². The Hall–Kier alpha value is -0.650. The summed E-state index contributed by atoms with van der Waals surface area (Å²) in [5.41, 5.74) is 0. The van der Waals surface area contributed by atoms with Crippen molar-refractivity contribution in [2.75, 3.05) is 58.9 Å². The van der Waals surface area contributed by atoms with Gasteiger partial charge in [0.05, 0.1) is 6.54 Å². The molecule has 0 spiro atoms. The van der Waals surface area contributed by atoms with Crippen LogP contribution in [-0.2, 0) is 4.79 Å². The van der Waals surface area contributed by atoms with E-state index in [1.165, 1.54) is 0 Å². The van der Waals surface area contributed by atoms with Gasteiger partial charge in [0.25, 0.3) is 0 Å². The Morgan fingerprint density at radius 3 is 2.33 bits per heavy atom. The van der Waals surface area contributed by atoms with Crippen molar-refractivity contribution in [3.8, 4) is 0 Å². The summed E-state index contributed by atoms with van der Waals surface area (Å²) in [5, 5.41) is 6.71. The van der Waals surface area contributed by atoms with Crippen LogP contribution in [0.25, 0.3) is 0 Å². The Morgan fingerprint density at radius 1 is 0.867 bits per heavy atom. The van der Waals surface area contributed by atoms with Gasteiger partial charge in [-0.3, -0.25) is 9.69 Å². The third-order valence-electron chi connectivity index (χ3n) is 3.04. The van der Waals surface area contributed by atoms with E-state index in [9.17, 15) is 4.79 Å². The number of nitrogens with one attached hydrogen (secondary N) is 2. The molecule has 3 heterocycles. The van der Waals surface area contributed by atoms with Gasteiger partial charge < -0.3 is 15.5 Å². The first kappa shape index (κ1) is 10.9. The van der Waals surface area contributed by atoms with Crippen molar-refractivity contribution in [1.82, 2.24) is 20.4 Å². The molecule has 3 fully saturated rings. The SMILES string of the molecule is O=C1CN2CCNCCNCCN1CC2. The minimum Gasteiger partial charge on any atom is -0.339 e. The summed E-state index contributed by atoms with van der Waals surface area (Å²) in [7, 11) is 0. The first-order valence-corrected chi connectivity index (χ1v) is 5.78. The highest BCUT2D eigenvalue weighted by Crippen LogP contribution is 2.02. The van der Waals surface area contributed by atoms with Gasteiger partial charge in [-0.2, -0.15) is 0 Å². The molecule has 0 aromatic rings. The van der Waals surface area contributed by atoms with E-state index in [-0.39, 0.29) is 5.91 Å². The van der Waals surface area contributed by atoms with Crippen molar-refractivity contribution < 1.29 is 4.79 Å². The Kier molecular flexibility index (Phi) is 3.94. The largest absolute Gasteiger partial charge is 0.339 e. The summed E-state index contributed by atoms with van der Waals surface area (Å²) >= 11 is 0. The van der Waals surface area contributed by atoms with E-state index in [2.05, 4.69) is 15.5 Å². The van der Waals surface area contributed by atoms with Crippen LogP contribution in [0.3, 0.4) is 0 Å². The molecule has 15 heavy (non-hydrogen) atoms. The van der Waals surface area contributed by atoms with Crippen molar-refractivity contribution in [3.05, 3.63) is 0 Å². The molecule has 2 bridgehead atoms. The molecule has 0 saturated carbocycles. The van der Waals surface area contributed by atoms with Gasteiger partial charge in [0.2, 0.25) is 5.91 Å². The number of hydrogen-bond donors (Lipinski definition) is 2. The molecular formula is C10H20N4O. The topological polar surface area (TPSA) is 47.6 Å². The lowest BCUT2D eigenvalue weighted by Crippen LogP contribution is -2.53. The highest BCUT2D eigenvalue weighted by Gasteiger charge is 2.22. The molecule has 0 aromatic heterocycles. The molecule has 1 unspecified atom stereocenters. The second-order valence-electron chi connectivity index (χ2n) is 4.16. The number of carbonyl (C=O) groups excluding carboxylic acids is 1. The zero-order chi connectivity index (χ0) is 10.5. The van der Waals surface area contributed by atoms with Crippen LogP contribution >= 0.6 is 0 Å². The maximum atomic E-state index is 11.7. The Morgan fingerprint density at radius 2 is 1.60 bits per heavy atom. The molecule has 5 heteroatoms. The number of piperazine rings is 1. The van der Waals surface area contributed by atoms with Crippen LogP contribution < -0.4 is 10.6 Å². The predicted molar refractivity (Wildman–Crippen MR) is 58.8 cm³/mol. The van der Waals surface area contributed by atoms with Gasteiger partial charge in [-0.05, 0) is 0 Å². The van der Waals surface area contributed by atoms with Crippen LogP contribution in [0.1, 0.15) is 0 Å². The van der Waals surface area contributed by atoms with Gasteiger partial charge >= 0.3 is 0 Å². The van der Waals surface area contributed by atoms with E-state index < -0.39 is 0 Å². The first-order chi connectivity index (χ1) is 7.36. The molecule has 0 aliphatic carbocycles. The number of fused-ring (bicyclic) bond motifs is 9. The fraction of sp³-hybridized carbons (Fsp3) is 0.900. The summed E-state index contributed by atoms with van der Waals surface area (Å²) in [6.07, 6.45) is 0. The standard InChI is InChI=1S/C10H20N4O/c15-10-9-13-5-3-11-1-2-12-4-6-14(10)8-7-13/h11-12H,1-9H2. The summed E-state index contributed by atoms with van der Waals surface area (Å²) in [5.74, 6) is 0.281. The maximum absolute atomic E-state index is 11.7. The molecule has 1 amide bonds. The summed E-state index contributed by atoms with van der Waals surface area (Å²) < 4.78 is 0. The summed E-state index contributed by atoms with van der Waals surface area (Å²) in [4.78, 5) is 15.9. The van der Waals surface area contributed by atoms with E-state index in [0.29, 0.717) is 6.54 Å². The maximum Gasteiger partial charge on any atom is 0.236 e. The molecule has 3 rings (SSSR count). The Balaban J connectivity index is 1.89. The van der Waals surface area contributed by atoms with Gasteiger partial charge in [-0.25, -0.2) is 0 Å². The van der Waals surface area contributed by atoms with Crippen LogP contribution in [0.4, 0.5) is 0 Å². The molecule has 3 aliphatic heterocycles. The third kappa shape index (κ3) is 3.15. The molecule has 5 nitrogen and oxygen atoms in total. The lowest BCUT2D eigenvalue weighted by molar-refractivity contribution is -0.135. The number of amides is 1. The highest BCUT2D eigenvalue weighted by molar-refractivity contribution is 5.79. The van der Waals surface area contributed by atoms with Crippen LogP contribution in [-0.4, -0.2) is 74.6 Å². The van der Waals surface area contributed by atoms with Gasteiger partial charge in [0, 0.05) is 52.4 Å². The van der Waals surface area contributed by atoms with Crippen molar-refractivity contribution in [2.45, 2.75) is 0 Å². The van der Waals surface area contributed by atoms with E-state index in [1.807, 2.05) is 4.90 Å². The second kappa shape index (κ2) is 5.44. The zero-order valence-electron chi connectivity index (χ0n) is 9.17. The summed E-state index contributed by atoms with van der Waals surface area (Å²) in [6, 6.07) is 0.